The van der Waals surface area contributed by atoms with Crippen molar-refractivity contribution in [3.8, 4) is 0 Å². The van der Waals surface area contributed by atoms with Crippen LogP contribution in [0.15, 0.2) is 18.2 Å². The quantitative estimate of drug-likeness (QED) is 0.761. The van der Waals surface area contributed by atoms with Crippen LogP contribution >= 0.6 is 0 Å². The minimum absolute atomic E-state index is 0.203. The van der Waals surface area contributed by atoms with E-state index in [0.717, 1.165) is 17.5 Å². The maximum absolute atomic E-state index is 12.8. The van der Waals surface area contributed by atoms with Crippen molar-refractivity contribution in [3.63, 3.8) is 0 Å². The Balaban J connectivity index is 2.70. The highest BCUT2D eigenvalue weighted by molar-refractivity contribution is 5.26. The lowest BCUT2D eigenvalue weighted by Gasteiger charge is -2.07. The van der Waals surface area contributed by atoms with Gasteiger partial charge in [0.15, 0.2) is 0 Å². The van der Waals surface area contributed by atoms with E-state index in [9.17, 15) is 4.39 Å². The molecule has 0 heterocycles. The van der Waals surface area contributed by atoms with E-state index < -0.39 is 0 Å². The van der Waals surface area contributed by atoms with Crippen molar-refractivity contribution in [3.05, 3.63) is 35.1 Å². The number of halogens is 1. The normalized spacial score (nSPS) is 12.9. The topological polar surface area (TPSA) is 20.2 Å². The molecule has 1 rings (SSSR count). The maximum Gasteiger partial charge on any atom is 0.123 e. The molecule has 1 N–H and O–H groups in total. The lowest BCUT2D eigenvalue weighted by molar-refractivity contribution is 0.185. The first-order valence-corrected chi connectivity index (χ1v) is 4.52. The molecule has 1 aromatic rings. The van der Waals surface area contributed by atoms with Gasteiger partial charge in [-0.2, -0.15) is 0 Å². The van der Waals surface area contributed by atoms with Crippen molar-refractivity contribution in [2.45, 2.75) is 32.8 Å². The standard InChI is InChI=1S/C11H15FO/c1-8-3-6-11(12)7-10(8)5-4-9(2)13/h3,6-7,9,13H,4-5H2,1-2H3. The van der Waals surface area contributed by atoms with E-state index >= 15 is 0 Å². The predicted octanol–water partition coefficient (Wildman–Crippen LogP) is 2.45. The largest absolute Gasteiger partial charge is 0.393 e. The molecular weight excluding hydrogens is 167 g/mol. The number of benzene rings is 1. The second-order valence-electron chi connectivity index (χ2n) is 3.46. The molecule has 0 bridgehead atoms. The third-order valence-corrected chi connectivity index (χ3v) is 2.14. The molecule has 2 heteroatoms. The molecule has 0 radical (unpaired) electrons. The number of aryl methyl sites for hydroxylation is 2. The Morgan fingerprint density at radius 3 is 2.77 bits per heavy atom. The van der Waals surface area contributed by atoms with E-state index in [1.54, 1.807) is 13.0 Å². The second-order valence-corrected chi connectivity index (χ2v) is 3.46. The van der Waals surface area contributed by atoms with Crippen LogP contribution in [0.1, 0.15) is 24.5 Å². The maximum atomic E-state index is 12.8. The molecule has 72 valence electrons. The second kappa shape index (κ2) is 4.38. The summed E-state index contributed by atoms with van der Waals surface area (Å²) in [6.45, 7) is 3.70. The van der Waals surface area contributed by atoms with Gasteiger partial charge in [0.05, 0.1) is 6.10 Å². The average Bonchev–Trinajstić information content (AvgIpc) is 2.06. The predicted molar refractivity (Wildman–Crippen MR) is 51.1 cm³/mol. The highest BCUT2D eigenvalue weighted by Crippen LogP contribution is 2.13. The van der Waals surface area contributed by atoms with Gasteiger partial charge in [-0.05, 0) is 49.9 Å². The highest BCUT2D eigenvalue weighted by atomic mass is 19.1. The molecule has 13 heavy (non-hydrogen) atoms. The van der Waals surface area contributed by atoms with E-state index in [4.69, 9.17) is 5.11 Å². The zero-order valence-electron chi connectivity index (χ0n) is 8.05. The minimum Gasteiger partial charge on any atom is -0.393 e. The van der Waals surface area contributed by atoms with Gasteiger partial charge in [-0.25, -0.2) is 4.39 Å². The number of hydrogen-bond donors (Lipinski definition) is 1. The highest BCUT2D eigenvalue weighted by Gasteiger charge is 2.02. The molecule has 0 spiro atoms. The first-order chi connectivity index (χ1) is 6.09. The first-order valence-electron chi connectivity index (χ1n) is 4.52. The van der Waals surface area contributed by atoms with Crippen molar-refractivity contribution in [1.29, 1.82) is 0 Å². The molecule has 0 saturated heterocycles. The summed E-state index contributed by atoms with van der Waals surface area (Å²) in [6, 6.07) is 4.77. The summed E-state index contributed by atoms with van der Waals surface area (Å²) in [5.74, 6) is -0.203. The van der Waals surface area contributed by atoms with Crippen LogP contribution in [0.2, 0.25) is 0 Å². The molecule has 0 aromatic heterocycles. The number of aliphatic hydroxyl groups is 1. The van der Waals surface area contributed by atoms with Crippen LogP contribution in [-0.4, -0.2) is 11.2 Å². The fourth-order valence-corrected chi connectivity index (χ4v) is 1.27. The molecule has 0 aliphatic rings. The monoisotopic (exact) mass is 182 g/mol. The number of aliphatic hydroxyl groups excluding tert-OH is 1. The van der Waals surface area contributed by atoms with E-state index in [1.165, 1.54) is 12.1 Å². The fraction of sp³-hybridized carbons (Fsp3) is 0.455. The molecule has 0 aliphatic carbocycles. The van der Waals surface area contributed by atoms with Crippen LogP contribution in [0, 0.1) is 12.7 Å². The van der Waals surface area contributed by atoms with E-state index in [2.05, 4.69) is 0 Å². The first kappa shape index (κ1) is 10.2. The third kappa shape index (κ3) is 3.15. The summed E-state index contributed by atoms with van der Waals surface area (Å²) in [7, 11) is 0. The fourth-order valence-electron chi connectivity index (χ4n) is 1.27. The van der Waals surface area contributed by atoms with Crippen molar-refractivity contribution >= 4 is 0 Å². The van der Waals surface area contributed by atoms with Gasteiger partial charge in [-0.3, -0.25) is 0 Å². The number of hydrogen-bond acceptors (Lipinski definition) is 1. The van der Waals surface area contributed by atoms with E-state index in [1.807, 2.05) is 6.92 Å². The SMILES string of the molecule is Cc1ccc(F)cc1CCC(C)O. The Labute approximate surface area is 78.2 Å². The summed E-state index contributed by atoms with van der Waals surface area (Å²) in [6.07, 6.45) is 1.11. The van der Waals surface area contributed by atoms with Crippen molar-refractivity contribution in [2.24, 2.45) is 0 Å². The molecule has 0 fully saturated rings. The van der Waals surface area contributed by atoms with E-state index in [0.29, 0.717) is 6.42 Å². The molecule has 1 atom stereocenters. The van der Waals surface area contributed by atoms with Crippen LogP contribution in [-0.2, 0) is 6.42 Å². The minimum atomic E-state index is -0.317. The van der Waals surface area contributed by atoms with Crippen LogP contribution < -0.4 is 0 Å². The van der Waals surface area contributed by atoms with Crippen molar-refractivity contribution in [2.75, 3.05) is 0 Å². The Morgan fingerprint density at radius 2 is 2.15 bits per heavy atom. The summed E-state index contributed by atoms with van der Waals surface area (Å²) in [5, 5.41) is 9.08. The summed E-state index contributed by atoms with van der Waals surface area (Å²) in [5.41, 5.74) is 2.07. The molecule has 0 aliphatic heterocycles. The van der Waals surface area contributed by atoms with Crippen LogP contribution in [0.3, 0.4) is 0 Å². The molecule has 0 saturated carbocycles. The summed E-state index contributed by atoms with van der Waals surface area (Å²) in [4.78, 5) is 0. The Kier molecular flexibility index (Phi) is 3.43. The van der Waals surface area contributed by atoms with Crippen LogP contribution in [0.25, 0.3) is 0 Å². The molecule has 0 amide bonds. The lowest BCUT2D eigenvalue weighted by atomic mass is 10.0. The Bertz CT molecular complexity index is 281. The Hall–Kier alpha value is -0.890. The van der Waals surface area contributed by atoms with Gasteiger partial charge in [0.1, 0.15) is 5.82 Å². The molecular formula is C11H15FO. The van der Waals surface area contributed by atoms with Gasteiger partial charge < -0.3 is 5.11 Å². The smallest absolute Gasteiger partial charge is 0.123 e. The van der Waals surface area contributed by atoms with Gasteiger partial charge in [0, 0.05) is 0 Å². The molecule has 1 aromatic carbocycles. The van der Waals surface area contributed by atoms with Gasteiger partial charge in [0.2, 0.25) is 0 Å². The zero-order valence-corrected chi connectivity index (χ0v) is 8.05. The van der Waals surface area contributed by atoms with Crippen LogP contribution in [0.4, 0.5) is 4.39 Å². The zero-order chi connectivity index (χ0) is 9.84. The van der Waals surface area contributed by atoms with E-state index in [-0.39, 0.29) is 11.9 Å². The lowest BCUT2D eigenvalue weighted by Crippen LogP contribution is -2.02. The molecule has 1 nitrogen and oxygen atoms in total. The van der Waals surface area contributed by atoms with Gasteiger partial charge in [0.25, 0.3) is 0 Å². The number of rotatable bonds is 3. The summed E-state index contributed by atoms with van der Waals surface area (Å²) < 4.78 is 12.8. The summed E-state index contributed by atoms with van der Waals surface area (Å²) >= 11 is 0. The third-order valence-electron chi connectivity index (χ3n) is 2.14. The van der Waals surface area contributed by atoms with Gasteiger partial charge >= 0.3 is 0 Å². The van der Waals surface area contributed by atoms with Gasteiger partial charge in [-0.15, -0.1) is 0 Å². The van der Waals surface area contributed by atoms with Crippen molar-refractivity contribution < 1.29 is 9.50 Å². The average molecular weight is 182 g/mol. The van der Waals surface area contributed by atoms with Crippen LogP contribution in [0.5, 0.6) is 0 Å². The van der Waals surface area contributed by atoms with Gasteiger partial charge in [-0.1, -0.05) is 6.07 Å². The van der Waals surface area contributed by atoms with Crippen molar-refractivity contribution in [1.82, 2.24) is 0 Å². The molecule has 1 unspecified atom stereocenters. The Morgan fingerprint density at radius 1 is 1.46 bits per heavy atom.